The van der Waals surface area contributed by atoms with E-state index in [2.05, 4.69) is 5.32 Å². The van der Waals surface area contributed by atoms with Crippen molar-refractivity contribution in [3.05, 3.63) is 0 Å². The van der Waals surface area contributed by atoms with Crippen LogP contribution in [0.4, 0.5) is 0 Å². The number of nitrogens with one attached hydrogen (secondary N) is 1. The number of alkyl halides is 2. The average Bonchev–Trinajstić information content (AvgIpc) is 1.98. The number of halogens is 2. The van der Waals surface area contributed by atoms with E-state index < -0.39 is 0 Å². The number of hydrogen-bond acceptors (Lipinski definition) is 2. The number of carbonyl (C=O) groups excluding carboxylic acids is 2. The molecule has 0 aliphatic carbocycles. The summed E-state index contributed by atoms with van der Waals surface area (Å²) in [6, 6.07) is 0. The Hall–Kier alpha value is 1.20. The molecule has 6 heteroatoms. The molecule has 0 aromatic heterocycles. The Kier molecular flexibility index (Phi) is 4.79. The minimum atomic E-state index is -0.185. The molecule has 0 spiro atoms. The number of amides is 2. The van der Waals surface area contributed by atoms with Crippen molar-refractivity contribution in [3.8, 4) is 0 Å². The average molecular weight is 359 g/mol. The van der Waals surface area contributed by atoms with Gasteiger partial charge in [0.05, 0.1) is 0 Å². The van der Waals surface area contributed by atoms with Crippen LogP contribution in [0.15, 0.2) is 0 Å². The third kappa shape index (κ3) is 2.09. The Morgan fingerprint density at radius 1 is 1.10 bits per heavy atom. The number of rotatable bonds is 0. The fourth-order valence-electron chi connectivity index (χ4n) is 0.525. The summed E-state index contributed by atoms with van der Waals surface area (Å²) < 4.78 is -0.369. The van der Waals surface area contributed by atoms with Crippen LogP contribution in [0.1, 0.15) is 0 Å². The first-order valence-electron chi connectivity index (χ1n) is 2.26. The van der Waals surface area contributed by atoms with E-state index in [4.69, 9.17) is 0 Å². The van der Waals surface area contributed by atoms with Crippen molar-refractivity contribution in [2.24, 2.45) is 0 Å². The van der Waals surface area contributed by atoms with Crippen molar-refractivity contribution in [2.75, 3.05) is 0 Å². The van der Waals surface area contributed by atoms with Gasteiger partial charge >= 0.3 is 18.9 Å². The second-order valence-electron chi connectivity index (χ2n) is 1.66. The molecule has 1 rings (SSSR count). The number of hydrogen-bond donors (Lipinski definition) is 1. The quantitative estimate of drug-likeness (QED) is 0.277. The molecule has 1 aliphatic heterocycles. The Labute approximate surface area is 97.5 Å². The van der Waals surface area contributed by atoms with Gasteiger partial charge in [0.25, 0.3) is 0 Å². The molecule has 1 aliphatic rings. The summed E-state index contributed by atoms with van der Waals surface area (Å²) in [5, 5.41) is 2.22. The second kappa shape index (κ2) is 4.28. The van der Waals surface area contributed by atoms with Gasteiger partial charge in [0.2, 0.25) is 11.8 Å². The molecule has 2 unspecified atom stereocenters. The maximum absolute atomic E-state index is 10.7. The van der Waals surface area contributed by atoms with Gasteiger partial charge in [-0.1, -0.05) is 45.2 Å². The van der Waals surface area contributed by atoms with Gasteiger partial charge in [-0.3, -0.25) is 14.9 Å². The molecule has 0 bridgehead atoms. The van der Waals surface area contributed by atoms with E-state index in [0.29, 0.717) is 0 Å². The van der Waals surface area contributed by atoms with Gasteiger partial charge in [0.15, 0.2) is 0 Å². The summed E-state index contributed by atoms with van der Waals surface area (Å²) in [5.74, 6) is -0.333. The second-order valence-corrected chi connectivity index (χ2v) is 4.34. The molecule has 0 saturated carbocycles. The van der Waals surface area contributed by atoms with Crippen molar-refractivity contribution in [3.63, 3.8) is 0 Å². The first-order chi connectivity index (χ1) is 4.13. The molecule has 1 N–H and O–H groups in total. The summed E-state index contributed by atoms with van der Waals surface area (Å²) in [6.07, 6.45) is 0. The molecule has 1 heterocycles. The monoisotopic (exact) mass is 359 g/mol. The van der Waals surface area contributed by atoms with Crippen molar-refractivity contribution in [1.82, 2.24) is 5.32 Å². The van der Waals surface area contributed by atoms with Crippen LogP contribution < -0.4 is 5.32 Å². The molecule has 0 aromatic carbocycles. The van der Waals surface area contributed by atoms with Gasteiger partial charge in [-0.05, 0) is 0 Å². The standard InChI is InChI=1S/C4H3I2NO2.Li.H/c5-1-2(6)4(9)7-3(1)8;;/h1-2H,(H,7,8,9);;. The molecule has 2 amide bonds. The zero-order chi connectivity index (χ0) is 7.02. The SMILES string of the molecule is O=C1NC(=O)C(I)C1I.[LiH]. The van der Waals surface area contributed by atoms with E-state index in [1.165, 1.54) is 0 Å². The normalized spacial score (nSPS) is 31.4. The molecule has 0 radical (unpaired) electrons. The van der Waals surface area contributed by atoms with Crippen molar-refractivity contribution >= 4 is 75.9 Å². The van der Waals surface area contributed by atoms with Gasteiger partial charge in [0.1, 0.15) is 7.85 Å². The fourth-order valence-corrected chi connectivity index (χ4v) is 1.49. The van der Waals surface area contributed by atoms with E-state index >= 15 is 0 Å². The molecular weight excluding hydrogens is 355 g/mol. The topological polar surface area (TPSA) is 46.2 Å². The van der Waals surface area contributed by atoms with Crippen LogP contribution in [0, 0.1) is 0 Å². The third-order valence-corrected chi connectivity index (χ3v) is 4.95. The summed E-state index contributed by atoms with van der Waals surface area (Å²) in [4.78, 5) is 21.3. The number of imide groups is 1. The molecule has 2 atom stereocenters. The fraction of sp³-hybridized carbons (Fsp3) is 0.500. The van der Waals surface area contributed by atoms with Gasteiger partial charge < -0.3 is 0 Å². The number of carbonyl (C=O) groups is 2. The molecule has 52 valence electrons. The van der Waals surface area contributed by atoms with Gasteiger partial charge in [0, 0.05) is 0 Å². The molecular formula is C4H4I2LiNO2. The van der Waals surface area contributed by atoms with Gasteiger partial charge in [-0.2, -0.15) is 0 Å². The van der Waals surface area contributed by atoms with Crippen molar-refractivity contribution in [1.29, 1.82) is 0 Å². The summed E-state index contributed by atoms with van der Waals surface area (Å²) in [7, 11) is 0. The predicted molar refractivity (Wildman–Crippen MR) is 55.9 cm³/mol. The molecule has 1 fully saturated rings. The Bertz CT molecular complexity index is 157. The van der Waals surface area contributed by atoms with E-state index in [-0.39, 0.29) is 38.5 Å². The predicted octanol–water partition coefficient (Wildman–Crippen LogP) is -0.399. The molecule has 1 saturated heterocycles. The Balaban J connectivity index is 0.000000810. The van der Waals surface area contributed by atoms with Crippen LogP contribution in [0.5, 0.6) is 0 Å². The van der Waals surface area contributed by atoms with Gasteiger partial charge in [-0.25, -0.2) is 0 Å². The van der Waals surface area contributed by atoms with Crippen LogP contribution in [-0.4, -0.2) is 38.5 Å². The first-order valence-corrected chi connectivity index (χ1v) is 4.75. The van der Waals surface area contributed by atoms with E-state index in [1.807, 2.05) is 45.2 Å². The van der Waals surface area contributed by atoms with Crippen LogP contribution in [0.3, 0.4) is 0 Å². The van der Waals surface area contributed by atoms with Crippen LogP contribution in [0.2, 0.25) is 0 Å². The maximum atomic E-state index is 10.7. The van der Waals surface area contributed by atoms with Crippen LogP contribution in [0.25, 0.3) is 0 Å². The molecule has 10 heavy (non-hydrogen) atoms. The summed E-state index contributed by atoms with van der Waals surface area (Å²) in [5.41, 5.74) is 0. The molecule has 0 aromatic rings. The van der Waals surface area contributed by atoms with Gasteiger partial charge in [-0.15, -0.1) is 0 Å². The summed E-state index contributed by atoms with van der Waals surface area (Å²) >= 11 is 3.92. The zero-order valence-corrected chi connectivity index (χ0v) is 8.54. The summed E-state index contributed by atoms with van der Waals surface area (Å²) in [6.45, 7) is 0. The van der Waals surface area contributed by atoms with E-state index in [1.54, 1.807) is 0 Å². The van der Waals surface area contributed by atoms with E-state index in [0.717, 1.165) is 0 Å². The third-order valence-electron chi connectivity index (χ3n) is 1.00. The zero-order valence-electron chi connectivity index (χ0n) is 4.23. The van der Waals surface area contributed by atoms with Crippen LogP contribution >= 0.6 is 45.2 Å². The van der Waals surface area contributed by atoms with E-state index in [9.17, 15) is 9.59 Å². The minimum absolute atomic E-state index is 0. The van der Waals surface area contributed by atoms with Crippen LogP contribution in [-0.2, 0) is 9.59 Å². The Morgan fingerprint density at radius 3 is 1.50 bits per heavy atom. The first kappa shape index (κ1) is 11.2. The molecule has 3 nitrogen and oxygen atoms in total. The van der Waals surface area contributed by atoms with Crippen molar-refractivity contribution < 1.29 is 9.59 Å². The van der Waals surface area contributed by atoms with Crippen molar-refractivity contribution in [2.45, 2.75) is 7.85 Å². The Morgan fingerprint density at radius 2 is 1.40 bits per heavy atom.